The fourth-order valence-electron chi connectivity index (χ4n) is 3.16. The van der Waals surface area contributed by atoms with Crippen molar-refractivity contribution >= 4 is 0 Å². The van der Waals surface area contributed by atoms with Crippen LogP contribution in [0.3, 0.4) is 0 Å². The molecular formula is C15H27N3O. The van der Waals surface area contributed by atoms with Gasteiger partial charge in [-0.15, -0.1) is 0 Å². The summed E-state index contributed by atoms with van der Waals surface area (Å²) >= 11 is 0. The van der Waals surface area contributed by atoms with Crippen molar-refractivity contribution in [2.45, 2.75) is 52.7 Å². The molecule has 1 aromatic heterocycles. The first-order chi connectivity index (χ1) is 9.15. The van der Waals surface area contributed by atoms with Crippen LogP contribution in [0.2, 0.25) is 0 Å². The first-order valence-corrected chi connectivity index (χ1v) is 7.47. The second-order valence-corrected chi connectivity index (χ2v) is 5.63. The largest absolute Gasteiger partial charge is 0.378 e. The van der Waals surface area contributed by atoms with Gasteiger partial charge in [0.15, 0.2) is 0 Å². The Labute approximate surface area is 116 Å². The van der Waals surface area contributed by atoms with Crippen molar-refractivity contribution in [1.82, 2.24) is 15.1 Å². The summed E-state index contributed by atoms with van der Waals surface area (Å²) in [6.07, 6.45) is 3.50. The second-order valence-electron chi connectivity index (χ2n) is 5.63. The Morgan fingerprint density at radius 1 is 1.53 bits per heavy atom. The van der Waals surface area contributed by atoms with E-state index in [9.17, 15) is 0 Å². The maximum absolute atomic E-state index is 5.83. The van der Waals surface area contributed by atoms with Crippen LogP contribution in [0.1, 0.15) is 38.6 Å². The van der Waals surface area contributed by atoms with E-state index < -0.39 is 0 Å². The molecule has 0 aromatic carbocycles. The molecule has 0 bridgehead atoms. The van der Waals surface area contributed by atoms with Crippen molar-refractivity contribution in [1.29, 1.82) is 0 Å². The number of ether oxygens (including phenoxy) is 1. The molecule has 0 spiro atoms. The van der Waals surface area contributed by atoms with E-state index in [1.165, 1.54) is 11.4 Å². The monoisotopic (exact) mass is 265 g/mol. The molecule has 2 heterocycles. The summed E-state index contributed by atoms with van der Waals surface area (Å²) in [5.74, 6) is 0. The number of nitrogens with one attached hydrogen (secondary N) is 1. The maximum Gasteiger partial charge on any atom is 0.0624 e. The molecule has 0 aliphatic carbocycles. The molecule has 4 nitrogen and oxygen atoms in total. The normalized spacial score (nSPS) is 27.1. The average molecular weight is 265 g/mol. The van der Waals surface area contributed by atoms with E-state index in [1.54, 1.807) is 0 Å². The summed E-state index contributed by atoms with van der Waals surface area (Å²) in [5.41, 5.74) is 2.77. The maximum atomic E-state index is 5.83. The van der Waals surface area contributed by atoms with Crippen LogP contribution in [-0.2, 0) is 24.1 Å². The van der Waals surface area contributed by atoms with E-state index in [4.69, 9.17) is 4.74 Å². The fraction of sp³-hybridized carbons (Fsp3) is 0.800. The fourth-order valence-corrected chi connectivity index (χ4v) is 3.16. The Hall–Kier alpha value is -0.870. The quantitative estimate of drug-likeness (QED) is 0.855. The van der Waals surface area contributed by atoms with Gasteiger partial charge >= 0.3 is 0 Å². The molecule has 1 aromatic rings. The van der Waals surface area contributed by atoms with Gasteiger partial charge < -0.3 is 10.1 Å². The van der Waals surface area contributed by atoms with Gasteiger partial charge in [0, 0.05) is 30.8 Å². The third-order valence-electron chi connectivity index (χ3n) is 4.47. The smallest absolute Gasteiger partial charge is 0.0624 e. The highest BCUT2D eigenvalue weighted by atomic mass is 16.5. The van der Waals surface area contributed by atoms with Crippen LogP contribution in [0.4, 0.5) is 0 Å². The minimum atomic E-state index is 0.215. The van der Waals surface area contributed by atoms with Crippen molar-refractivity contribution in [3.05, 3.63) is 17.5 Å². The summed E-state index contributed by atoms with van der Waals surface area (Å²) in [7, 11) is 2.03. The predicted octanol–water partition coefficient (Wildman–Crippen LogP) is 2.02. The average Bonchev–Trinajstić information content (AvgIpc) is 2.95. The molecule has 0 amide bonds. The van der Waals surface area contributed by atoms with Crippen molar-refractivity contribution in [3.63, 3.8) is 0 Å². The Bertz CT molecular complexity index is 416. The zero-order chi connectivity index (χ0) is 13.9. The van der Waals surface area contributed by atoms with E-state index in [1.807, 2.05) is 7.05 Å². The molecule has 1 aliphatic heterocycles. The number of rotatable bonds is 6. The van der Waals surface area contributed by atoms with Crippen molar-refractivity contribution < 1.29 is 4.74 Å². The van der Waals surface area contributed by atoms with Gasteiger partial charge in [-0.2, -0.15) is 5.10 Å². The molecule has 2 unspecified atom stereocenters. The van der Waals surface area contributed by atoms with Gasteiger partial charge in [-0.05, 0) is 46.2 Å². The zero-order valence-electron chi connectivity index (χ0n) is 12.7. The molecule has 19 heavy (non-hydrogen) atoms. The molecule has 1 fully saturated rings. The van der Waals surface area contributed by atoms with Crippen LogP contribution >= 0.6 is 0 Å². The van der Waals surface area contributed by atoms with Gasteiger partial charge in [-0.25, -0.2) is 0 Å². The lowest BCUT2D eigenvalue weighted by Crippen LogP contribution is -2.40. The van der Waals surface area contributed by atoms with Crippen LogP contribution in [0.15, 0.2) is 6.07 Å². The van der Waals surface area contributed by atoms with Crippen LogP contribution in [-0.4, -0.2) is 36.1 Å². The molecule has 1 saturated heterocycles. The third kappa shape index (κ3) is 2.84. The van der Waals surface area contributed by atoms with Crippen LogP contribution < -0.4 is 5.32 Å². The van der Waals surface area contributed by atoms with Gasteiger partial charge in [0.25, 0.3) is 0 Å². The number of nitrogens with zero attached hydrogens (tertiary/aromatic N) is 2. The SMILES string of the molecule is CCc1cc(CC2(CNC)CCOC2C)n(CC)n1. The molecule has 1 N–H and O–H groups in total. The Kier molecular flexibility index (Phi) is 4.63. The molecule has 1 aliphatic rings. The van der Waals surface area contributed by atoms with Gasteiger partial charge in [0.1, 0.15) is 0 Å². The van der Waals surface area contributed by atoms with Crippen LogP contribution in [0.25, 0.3) is 0 Å². The van der Waals surface area contributed by atoms with E-state index in [2.05, 4.69) is 41.9 Å². The molecule has 0 radical (unpaired) electrons. The summed E-state index contributed by atoms with van der Waals surface area (Å²) in [6.45, 7) is 9.36. The Morgan fingerprint density at radius 3 is 2.84 bits per heavy atom. The highest BCUT2D eigenvalue weighted by Crippen LogP contribution is 2.37. The minimum Gasteiger partial charge on any atom is -0.378 e. The summed E-state index contributed by atoms with van der Waals surface area (Å²) < 4.78 is 7.98. The summed E-state index contributed by atoms with van der Waals surface area (Å²) in [6, 6.07) is 2.27. The zero-order valence-corrected chi connectivity index (χ0v) is 12.7. The first-order valence-electron chi connectivity index (χ1n) is 7.47. The first kappa shape index (κ1) is 14.5. The molecule has 4 heteroatoms. The van der Waals surface area contributed by atoms with Crippen molar-refractivity contribution in [3.8, 4) is 0 Å². The lowest BCUT2D eigenvalue weighted by atomic mass is 9.77. The number of aryl methyl sites for hydroxylation is 2. The molecular weight excluding hydrogens is 238 g/mol. The minimum absolute atomic E-state index is 0.215. The Morgan fingerprint density at radius 2 is 2.32 bits per heavy atom. The van der Waals surface area contributed by atoms with Crippen molar-refractivity contribution in [2.24, 2.45) is 5.41 Å². The molecule has 2 atom stereocenters. The van der Waals surface area contributed by atoms with E-state index in [0.717, 1.165) is 39.0 Å². The lowest BCUT2D eigenvalue weighted by molar-refractivity contribution is 0.0630. The highest BCUT2D eigenvalue weighted by Gasteiger charge is 2.41. The highest BCUT2D eigenvalue weighted by molar-refractivity contribution is 5.14. The number of aromatic nitrogens is 2. The van der Waals surface area contributed by atoms with Crippen LogP contribution in [0, 0.1) is 5.41 Å². The summed E-state index contributed by atoms with van der Waals surface area (Å²) in [4.78, 5) is 0. The standard InChI is InChI=1S/C15H27N3O/c1-5-13-9-14(18(6-2)17-13)10-15(11-16-4)7-8-19-12(15)3/h9,12,16H,5-8,10-11H2,1-4H3. The molecule has 2 rings (SSSR count). The Balaban J connectivity index is 2.24. The van der Waals surface area contributed by atoms with Crippen LogP contribution in [0.5, 0.6) is 0 Å². The van der Waals surface area contributed by atoms with Crippen molar-refractivity contribution in [2.75, 3.05) is 20.2 Å². The number of hydrogen-bond donors (Lipinski definition) is 1. The molecule has 108 valence electrons. The number of hydrogen-bond acceptors (Lipinski definition) is 3. The second kappa shape index (κ2) is 6.06. The van der Waals surface area contributed by atoms with Gasteiger partial charge in [0.2, 0.25) is 0 Å². The molecule has 0 saturated carbocycles. The summed E-state index contributed by atoms with van der Waals surface area (Å²) in [5, 5.41) is 8.01. The third-order valence-corrected chi connectivity index (χ3v) is 4.47. The van der Waals surface area contributed by atoms with E-state index in [0.29, 0.717) is 6.10 Å². The van der Waals surface area contributed by atoms with Gasteiger partial charge in [-0.1, -0.05) is 6.92 Å². The van der Waals surface area contributed by atoms with Gasteiger partial charge in [0.05, 0.1) is 11.8 Å². The lowest BCUT2D eigenvalue weighted by Gasteiger charge is -2.32. The predicted molar refractivity (Wildman–Crippen MR) is 77.4 cm³/mol. The van der Waals surface area contributed by atoms with E-state index in [-0.39, 0.29) is 5.41 Å². The topological polar surface area (TPSA) is 39.1 Å². The van der Waals surface area contributed by atoms with Gasteiger partial charge in [-0.3, -0.25) is 4.68 Å². The van der Waals surface area contributed by atoms with E-state index >= 15 is 0 Å².